The average Bonchev–Trinajstić information content (AvgIpc) is 3.03. The summed E-state index contributed by atoms with van der Waals surface area (Å²) in [4.78, 5) is 12.5. The molecule has 0 bridgehead atoms. The van der Waals surface area contributed by atoms with E-state index in [0.29, 0.717) is 10.2 Å². The average molecular weight is 398 g/mol. The molecule has 0 aliphatic heterocycles. The fraction of sp³-hybridized carbons (Fsp3) is 0.200. The van der Waals surface area contributed by atoms with Gasteiger partial charge >= 0.3 is 0 Å². The predicted molar refractivity (Wildman–Crippen MR) is 103 cm³/mol. The van der Waals surface area contributed by atoms with Gasteiger partial charge in [-0.05, 0) is 53.4 Å². The van der Waals surface area contributed by atoms with Gasteiger partial charge in [-0.1, -0.05) is 48.5 Å². The number of aryl methyl sites for hydroxylation is 1. The minimum absolute atomic E-state index is 0.0830. The lowest BCUT2D eigenvalue weighted by molar-refractivity contribution is 0.0937. The van der Waals surface area contributed by atoms with Crippen LogP contribution in [0.2, 0.25) is 0 Å². The number of amides is 1. The lowest BCUT2D eigenvalue weighted by Crippen LogP contribution is -2.32. The number of rotatable bonds is 6. The van der Waals surface area contributed by atoms with E-state index < -0.39 is 0 Å². The van der Waals surface area contributed by atoms with Crippen LogP contribution in [0.15, 0.2) is 71.5 Å². The van der Waals surface area contributed by atoms with Crippen LogP contribution in [0.1, 0.15) is 29.3 Å². The van der Waals surface area contributed by atoms with E-state index in [2.05, 4.69) is 38.5 Å². The van der Waals surface area contributed by atoms with Crippen molar-refractivity contribution in [2.24, 2.45) is 0 Å². The standard InChI is InChI=1S/C20H20BrN3O/c1-15(12-13-16-8-4-2-5-9-16)23-20(25)18-14-22-24(19(18)21)17-10-6-3-7-11-17/h2-11,14-15H,12-13H2,1H3,(H,23,25). The van der Waals surface area contributed by atoms with Gasteiger partial charge in [0.15, 0.2) is 0 Å². The Morgan fingerprint density at radius 1 is 1.12 bits per heavy atom. The van der Waals surface area contributed by atoms with E-state index in [1.54, 1.807) is 10.9 Å². The normalized spacial score (nSPS) is 11.9. The molecule has 1 atom stereocenters. The summed E-state index contributed by atoms with van der Waals surface area (Å²) < 4.78 is 2.37. The molecule has 0 fully saturated rings. The Labute approximate surface area is 156 Å². The summed E-state index contributed by atoms with van der Waals surface area (Å²) in [6.07, 6.45) is 3.42. The molecule has 4 nitrogen and oxygen atoms in total. The van der Waals surface area contributed by atoms with E-state index in [0.717, 1.165) is 18.5 Å². The van der Waals surface area contributed by atoms with Crippen LogP contribution in [0.5, 0.6) is 0 Å². The van der Waals surface area contributed by atoms with Crippen molar-refractivity contribution >= 4 is 21.8 Å². The molecule has 1 heterocycles. The maximum absolute atomic E-state index is 12.5. The second kappa shape index (κ2) is 8.12. The van der Waals surface area contributed by atoms with Gasteiger partial charge in [0, 0.05) is 6.04 Å². The summed E-state index contributed by atoms with van der Waals surface area (Å²) in [5.74, 6) is -0.116. The van der Waals surface area contributed by atoms with Crippen LogP contribution >= 0.6 is 15.9 Å². The first kappa shape index (κ1) is 17.4. The largest absolute Gasteiger partial charge is 0.349 e. The summed E-state index contributed by atoms with van der Waals surface area (Å²) in [6, 6.07) is 20.1. The molecule has 0 saturated heterocycles. The number of carbonyl (C=O) groups is 1. The van der Waals surface area contributed by atoms with Crippen LogP contribution in [0.3, 0.4) is 0 Å². The van der Waals surface area contributed by atoms with Crippen molar-refractivity contribution in [1.82, 2.24) is 15.1 Å². The molecule has 1 unspecified atom stereocenters. The molecule has 1 amide bonds. The molecular weight excluding hydrogens is 378 g/mol. The predicted octanol–water partition coefficient (Wildman–Crippen LogP) is 4.39. The van der Waals surface area contributed by atoms with Gasteiger partial charge < -0.3 is 5.32 Å². The van der Waals surface area contributed by atoms with Gasteiger partial charge in [0.2, 0.25) is 0 Å². The molecular formula is C20H20BrN3O. The van der Waals surface area contributed by atoms with Gasteiger partial charge in [-0.15, -0.1) is 0 Å². The third kappa shape index (κ3) is 4.37. The molecule has 0 spiro atoms. The highest BCUT2D eigenvalue weighted by Crippen LogP contribution is 2.21. The van der Waals surface area contributed by atoms with Crippen molar-refractivity contribution in [2.75, 3.05) is 0 Å². The van der Waals surface area contributed by atoms with E-state index in [-0.39, 0.29) is 11.9 Å². The van der Waals surface area contributed by atoms with E-state index in [4.69, 9.17) is 0 Å². The summed E-state index contributed by atoms with van der Waals surface area (Å²) in [7, 11) is 0. The van der Waals surface area contributed by atoms with Gasteiger partial charge in [0.1, 0.15) is 4.60 Å². The Bertz CT molecular complexity index is 831. The Balaban J connectivity index is 1.62. The number of aromatic nitrogens is 2. The van der Waals surface area contributed by atoms with Crippen LogP contribution in [0, 0.1) is 0 Å². The van der Waals surface area contributed by atoms with E-state index in [9.17, 15) is 4.79 Å². The summed E-state index contributed by atoms with van der Waals surface area (Å²) in [5.41, 5.74) is 2.72. The maximum atomic E-state index is 12.5. The zero-order valence-corrected chi connectivity index (χ0v) is 15.6. The van der Waals surface area contributed by atoms with Crippen LogP contribution < -0.4 is 5.32 Å². The Kier molecular flexibility index (Phi) is 5.66. The number of halogens is 1. The number of nitrogens with zero attached hydrogens (tertiary/aromatic N) is 2. The fourth-order valence-corrected chi connectivity index (χ4v) is 3.22. The molecule has 0 aliphatic carbocycles. The third-order valence-corrected chi connectivity index (χ3v) is 4.81. The summed E-state index contributed by atoms with van der Waals surface area (Å²) in [6.45, 7) is 2.02. The second-order valence-corrected chi connectivity index (χ2v) is 6.75. The monoisotopic (exact) mass is 397 g/mol. The van der Waals surface area contributed by atoms with Crippen LogP contribution in [-0.4, -0.2) is 21.7 Å². The Hall–Kier alpha value is -2.40. The Morgan fingerprint density at radius 3 is 2.44 bits per heavy atom. The Morgan fingerprint density at radius 2 is 1.76 bits per heavy atom. The van der Waals surface area contributed by atoms with Crippen LogP contribution in [0.25, 0.3) is 5.69 Å². The van der Waals surface area contributed by atoms with Crippen molar-refractivity contribution in [3.05, 3.63) is 82.6 Å². The van der Waals surface area contributed by atoms with E-state index >= 15 is 0 Å². The van der Waals surface area contributed by atoms with Gasteiger partial charge in [0.05, 0.1) is 17.4 Å². The quantitative estimate of drug-likeness (QED) is 0.670. The second-order valence-electron chi connectivity index (χ2n) is 6.00. The van der Waals surface area contributed by atoms with Crippen LogP contribution in [0.4, 0.5) is 0 Å². The lowest BCUT2D eigenvalue weighted by atomic mass is 10.1. The fourth-order valence-electron chi connectivity index (χ4n) is 2.64. The highest BCUT2D eigenvalue weighted by molar-refractivity contribution is 9.10. The topological polar surface area (TPSA) is 46.9 Å². The number of benzene rings is 2. The van der Waals surface area contributed by atoms with Crippen molar-refractivity contribution in [3.63, 3.8) is 0 Å². The molecule has 3 rings (SSSR count). The van der Waals surface area contributed by atoms with Gasteiger partial charge in [-0.3, -0.25) is 4.79 Å². The number of nitrogens with one attached hydrogen (secondary N) is 1. The molecule has 25 heavy (non-hydrogen) atoms. The van der Waals surface area contributed by atoms with E-state index in [1.165, 1.54) is 5.56 Å². The van der Waals surface area contributed by atoms with Crippen LogP contribution in [-0.2, 0) is 6.42 Å². The van der Waals surface area contributed by atoms with Gasteiger partial charge in [-0.2, -0.15) is 5.10 Å². The smallest absolute Gasteiger partial charge is 0.255 e. The highest BCUT2D eigenvalue weighted by Gasteiger charge is 2.18. The molecule has 2 aromatic carbocycles. The summed E-state index contributed by atoms with van der Waals surface area (Å²) in [5, 5.41) is 7.37. The molecule has 5 heteroatoms. The molecule has 0 radical (unpaired) electrons. The minimum Gasteiger partial charge on any atom is -0.349 e. The number of hydrogen-bond donors (Lipinski definition) is 1. The molecule has 128 valence electrons. The maximum Gasteiger partial charge on any atom is 0.255 e. The lowest BCUT2D eigenvalue weighted by Gasteiger charge is -2.13. The first-order valence-electron chi connectivity index (χ1n) is 8.29. The number of hydrogen-bond acceptors (Lipinski definition) is 2. The molecule has 1 aromatic heterocycles. The first-order chi connectivity index (χ1) is 12.1. The van der Waals surface area contributed by atoms with Crippen molar-refractivity contribution in [1.29, 1.82) is 0 Å². The number of carbonyl (C=O) groups excluding carboxylic acids is 1. The van der Waals surface area contributed by atoms with Crippen molar-refractivity contribution < 1.29 is 4.79 Å². The highest BCUT2D eigenvalue weighted by atomic mass is 79.9. The zero-order valence-electron chi connectivity index (χ0n) is 14.0. The van der Waals surface area contributed by atoms with E-state index in [1.807, 2.05) is 55.5 Å². The third-order valence-electron chi connectivity index (χ3n) is 4.04. The molecule has 1 N–H and O–H groups in total. The van der Waals surface area contributed by atoms with Gasteiger partial charge in [0.25, 0.3) is 5.91 Å². The minimum atomic E-state index is -0.116. The number of para-hydroxylation sites is 1. The summed E-state index contributed by atoms with van der Waals surface area (Å²) >= 11 is 3.49. The molecule has 0 aliphatic rings. The first-order valence-corrected chi connectivity index (χ1v) is 9.08. The molecule has 3 aromatic rings. The molecule has 0 saturated carbocycles. The zero-order chi connectivity index (χ0) is 17.6. The van der Waals surface area contributed by atoms with Crippen molar-refractivity contribution in [2.45, 2.75) is 25.8 Å². The SMILES string of the molecule is CC(CCc1ccccc1)NC(=O)c1cnn(-c2ccccc2)c1Br. The van der Waals surface area contributed by atoms with Gasteiger partial charge in [-0.25, -0.2) is 4.68 Å². The van der Waals surface area contributed by atoms with Crippen molar-refractivity contribution in [3.8, 4) is 5.69 Å².